The summed E-state index contributed by atoms with van der Waals surface area (Å²) in [7, 11) is -3.77. The molecule has 0 aliphatic carbocycles. The Bertz CT molecular complexity index is 924. The molecular formula is C18H19BrN2O3S. The molecule has 1 amide bonds. The van der Waals surface area contributed by atoms with Crippen LogP contribution in [0.25, 0.3) is 0 Å². The van der Waals surface area contributed by atoms with Gasteiger partial charge in [0.15, 0.2) is 0 Å². The first-order chi connectivity index (χ1) is 11.8. The SMILES string of the molecule is CCc1ccc(NS(=O)(=O)c2cc3c(cc2Br)CCN3C(C)=O)cc1. The second-order valence-corrected chi connectivity index (χ2v) is 8.49. The molecule has 3 rings (SSSR count). The van der Waals surface area contributed by atoms with E-state index < -0.39 is 10.0 Å². The highest BCUT2D eigenvalue weighted by molar-refractivity contribution is 9.10. The highest BCUT2D eigenvalue weighted by Crippen LogP contribution is 2.36. The van der Waals surface area contributed by atoms with Crippen LogP contribution >= 0.6 is 15.9 Å². The number of rotatable bonds is 4. The van der Waals surface area contributed by atoms with Gasteiger partial charge in [-0.15, -0.1) is 0 Å². The molecule has 2 aromatic carbocycles. The summed E-state index contributed by atoms with van der Waals surface area (Å²) < 4.78 is 28.7. The van der Waals surface area contributed by atoms with E-state index in [0.29, 0.717) is 22.4 Å². The Hall–Kier alpha value is -1.86. The predicted molar refractivity (Wildman–Crippen MR) is 103 cm³/mol. The van der Waals surface area contributed by atoms with Gasteiger partial charge in [-0.2, -0.15) is 0 Å². The average Bonchev–Trinajstić information content (AvgIpc) is 2.97. The van der Waals surface area contributed by atoms with Gasteiger partial charge in [0.2, 0.25) is 5.91 Å². The first-order valence-electron chi connectivity index (χ1n) is 8.04. The molecule has 1 aliphatic heterocycles. The van der Waals surface area contributed by atoms with Crippen molar-refractivity contribution < 1.29 is 13.2 Å². The predicted octanol–water partition coefficient (Wildman–Crippen LogP) is 3.72. The second kappa shape index (κ2) is 6.80. The Morgan fingerprint density at radius 1 is 1.24 bits per heavy atom. The van der Waals surface area contributed by atoms with Gasteiger partial charge in [0.1, 0.15) is 4.90 Å². The number of amides is 1. The molecule has 2 aromatic rings. The number of sulfonamides is 1. The third kappa shape index (κ3) is 3.57. The van der Waals surface area contributed by atoms with Crippen LogP contribution in [0, 0.1) is 0 Å². The number of nitrogens with one attached hydrogen (secondary N) is 1. The minimum atomic E-state index is -3.77. The molecule has 1 aliphatic rings. The van der Waals surface area contributed by atoms with Gasteiger partial charge in [0.25, 0.3) is 10.0 Å². The molecule has 0 saturated carbocycles. The minimum absolute atomic E-state index is 0.0902. The number of carbonyl (C=O) groups is 1. The third-order valence-corrected chi connectivity index (χ3v) is 6.65. The molecule has 0 radical (unpaired) electrons. The largest absolute Gasteiger partial charge is 0.312 e. The molecule has 1 heterocycles. The first kappa shape index (κ1) is 17.9. The van der Waals surface area contributed by atoms with E-state index in [9.17, 15) is 13.2 Å². The topological polar surface area (TPSA) is 66.5 Å². The fraction of sp³-hybridized carbons (Fsp3) is 0.278. The van der Waals surface area contributed by atoms with Gasteiger partial charge in [-0.25, -0.2) is 8.42 Å². The molecular weight excluding hydrogens is 404 g/mol. The summed E-state index contributed by atoms with van der Waals surface area (Å²) in [6.45, 7) is 4.10. The van der Waals surface area contributed by atoms with Crippen LogP contribution in [-0.4, -0.2) is 20.9 Å². The van der Waals surface area contributed by atoms with Gasteiger partial charge in [0, 0.05) is 29.3 Å². The van der Waals surface area contributed by atoms with Gasteiger partial charge in [-0.1, -0.05) is 19.1 Å². The lowest BCUT2D eigenvalue weighted by Gasteiger charge is -2.17. The lowest BCUT2D eigenvalue weighted by molar-refractivity contribution is -0.116. The van der Waals surface area contributed by atoms with E-state index in [4.69, 9.17) is 0 Å². The average molecular weight is 423 g/mol. The van der Waals surface area contributed by atoms with Crippen molar-refractivity contribution in [3.05, 3.63) is 52.0 Å². The summed E-state index contributed by atoms with van der Waals surface area (Å²) in [5.74, 6) is -0.0902. The van der Waals surface area contributed by atoms with Crippen LogP contribution in [0.3, 0.4) is 0 Å². The molecule has 132 valence electrons. The van der Waals surface area contributed by atoms with Crippen molar-refractivity contribution in [3.63, 3.8) is 0 Å². The lowest BCUT2D eigenvalue weighted by atomic mass is 10.2. The smallest absolute Gasteiger partial charge is 0.263 e. The van der Waals surface area contributed by atoms with Crippen molar-refractivity contribution in [1.29, 1.82) is 0 Å². The molecule has 0 fully saturated rings. The number of hydrogen-bond donors (Lipinski definition) is 1. The monoisotopic (exact) mass is 422 g/mol. The Balaban J connectivity index is 1.97. The maximum absolute atomic E-state index is 12.8. The highest BCUT2D eigenvalue weighted by Gasteiger charge is 2.27. The van der Waals surface area contributed by atoms with Gasteiger partial charge in [-0.05, 0) is 64.2 Å². The molecule has 0 unspecified atom stereocenters. The van der Waals surface area contributed by atoms with Gasteiger partial charge in [-0.3, -0.25) is 9.52 Å². The summed E-state index contributed by atoms with van der Waals surface area (Å²) >= 11 is 3.36. The number of nitrogens with zero attached hydrogens (tertiary/aromatic N) is 1. The maximum atomic E-state index is 12.8. The lowest BCUT2D eigenvalue weighted by Crippen LogP contribution is -2.26. The maximum Gasteiger partial charge on any atom is 0.263 e. The van der Waals surface area contributed by atoms with E-state index >= 15 is 0 Å². The van der Waals surface area contributed by atoms with E-state index in [1.165, 1.54) is 6.92 Å². The summed E-state index contributed by atoms with van der Waals surface area (Å²) in [6.07, 6.45) is 1.62. The van der Waals surface area contributed by atoms with Crippen LogP contribution < -0.4 is 9.62 Å². The summed E-state index contributed by atoms with van der Waals surface area (Å²) in [4.78, 5) is 13.5. The zero-order chi connectivity index (χ0) is 18.2. The fourth-order valence-corrected chi connectivity index (χ4v) is 5.11. The van der Waals surface area contributed by atoms with Crippen molar-refractivity contribution in [1.82, 2.24) is 0 Å². The van der Waals surface area contributed by atoms with E-state index in [1.807, 2.05) is 19.1 Å². The number of aryl methyl sites for hydroxylation is 1. The van der Waals surface area contributed by atoms with Crippen LogP contribution in [-0.2, 0) is 27.7 Å². The Morgan fingerprint density at radius 2 is 1.92 bits per heavy atom. The third-order valence-electron chi connectivity index (χ3n) is 4.31. The van der Waals surface area contributed by atoms with E-state index in [-0.39, 0.29) is 10.8 Å². The number of anilines is 2. The Morgan fingerprint density at radius 3 is 2.52 bits per heavy atom. The molecule has 1 N–H and O–H groups in total. The zero-order valence-corrected chi connectivity index (χ0v) is 16.4. The molecule has 0 atom stereocenters. The standard InChI is InChI=1S/C18H19BrN2O3S/c1-3-13-4-6-15(7-5-13)20-25(23,24)18-11-17-14(10-16(18)19)8-9-21(17)12(2)22/h4-7,10-11,20H,3,8-9H2,1-2H3. The quantitative estimate of drug-likeness (QED) is 0.815. The number of fused-ring (bicyclic) bond motifs is 1. The van der Waals surface area contributed by atoms with Crippen LogP contribution in [0.1, 0.15) is 25.0 Å². The normalized spacial score (nSPS) is 13.6. The molecule has 0 bridgehead atoms. The van der Waals surface area contributed by atoms with Crippen molar-refractivity contribution >= 4 is 43.2 Å². The van der Waals surface area contributed by atoms with Crippen LogP contribution in [0.4, 0.5) is 11.4 Å². The van der Waals surface area contributed by atoms with Gasteiger partial charge < -0.3 is 4.90 Å². The fourth-order valence-electron chi connectivity index (χ4n) is 2.94. The first-order valence-corrected chi connectivity index (χ1v) is 10.3. The highest BCUT2D eigenvalue weighted by atomic mass is 79.9. The van der Waals surface area contributed by atoms with Crippen molar-refractivity contribution in [3.8, 4) is 0 Å². The van der Waals surface area contributed by atoms with Crippen LogP contribution in [0.2, 0.25) is 0 Å². The zero-order valence-electron chi connectivity index (χ0n) is 14.0. The molecule has 0 spiro atoms. The summed E-state index contributed by atoms with van der Waals surface area (Å²) in [5.41, 5.74) is 3.28. The second-order valence-electron chi connectivity index (χ2n) is 5.99. The van der Waals surface area contributed by atoms with Crippen molar-refractivity contribution in [2.45, 2.75) is 31.6 Å². The van der Waals surface area contributed by atoms with Gasteiger partial charge >= 0.3 is 0 Å². The van der Waals surface area contributed by atoms with E-state index in [1.54, 1.807) is 29.2 Å². The van der Waals surface area contributed by atoms with Crippen molar-refractivity contribution in [2.75, 3.05) is 16.2 Å². The Labute approximate surface area is 156 Å². The number of benzene rings is 2. The molecule has 25 heavy (non-hydrogen) atoms. The van der Waals surface area contributed by atoms with Crippen molar-refractivity contribution in [2.24, 2.45) is 0 Å². The number of halogens is 1. The van der Waals surface area contributed by atoms with Crippen LogP contribution in [0.15, 0.2) is 45.8 Å². The van der Waals surface area contributed by atoms with Gasteiger partial charge in [0.05, 0.1) is 0 Å². The minimum Gasteiger partial charge on any atom is -0.312 e. The molecule has 0 saturated heterocycles. The number of carbonyl (C=O) groups excluding carboxylic acids is 1. The summed E-state index contributed by atoms with van der Waals surface area (Å²) in [6, 6.07) is 10.6. The molecule has 7 heteroatoms. The van der Waals surface area contributed by atoms with E-state index in [0.717, 1.165) is 24.0 Å². The summed E-state index contributed by atoms with van der Waals surface area (Å²) in [5, 5.41) is 0. The van der Waals surface area contributed by atoms with E-state index in [2.05, 4.69) is 20.7 Å². The molecule has 5 nitrogen and oxygen atoms in total. The van der Waals surface area contributed by atoms with Crippen LogP contribution in [0.5, 0.6) is 0 Å². The molecule has 0 aromatic heterocycles. The Kier molecular flexibility index (Phi) is 4.88. The number of hydrogen-bond acceptors (Lipinski definition) is 3.